The zero-order valence-corrected chi connectivity index (χ0v) is 39.9. The predicted octanol–water partition coefficient (Wildman–Crippen LogP) is 10.8. The number of carbonyl (C=O) groups is 6. The Morgan fingerprint density at radius 1 is 0.500 bits per heavy atom. The zero-order chi connectivity index (χ0) is 48.7. The largest absolute Gasteiger partial charge is 0.465 e. The molecule has 0 heterocycles. The van der Waals surface area contributed by atoms with Gasteiger partial charge in [0.1, 0.15) is 17.1 Å². The topological polar surface area (TPSA) is 186 Å². The van der Waals surface area contributed by atoms with Gasteiger partial charge in [0.2, 0.25) is 5.69 Å². The summed E-state index contributed by atoms with van der Waals surface area (Å²) in [5.41, 5.74) is -0.280. The molecule has 4 saturated carbocycles. The number of nitriles is 1. The highest BCUT2D eigenvalue weighted by Crippen LogP contribution is 2.45. The van der Waals surface area contributed by atoms with Crippen molar-refractivity contribution in [2.24, 2.45) is 47.3 Å². The summed E-state index contributed by atoms with van der Waals surface area (Å²) in [7, 11) is 0. The molecule has 0 saturated heterocycles. The number of benzene rings is 1. The summed E-state index contributed by atoms with van der Waals surface area (Å²) in [6.07, 6.45) is 22.2. The highest BCUT2D eigenvalue weighted by atomic mass is 16.6. The molecule has 0 unspecified atom stereocenters. The maximum absolute atomic E-state index is 13.4. The molecule has 4 aliphatic rings. The van der Waals surface area contributed by atoms with E-state index in [9.17, 15) is 34.0 Å². The second-order valence-corrected chi connectivity index (χ2v) is 19.2. The molecule has 370 valence electrons. The maximum Gasteiger partial charge on any atom is 0.330 e. The molecule has 0 aliphatic heterocycles. The first-order valence-corrected chi connectivity index (χ1v) is 25.3. The van der Waals surface area contributed by atoms with Crippen molar-refractivity contribution in [3.05, 3.63) is 54.4 Å². The number of hydrogen-bond donors (Lipinski definition) is 0. The fraction of sp³-hybridized carbons (Fsp3) is 0.667. The minimum absolute atomic E-state index is 0.0110. The van der Waals surface area contributed by atoms with E-state index in [1.807, 2.05) is 6.07 Å². The van der Waals surface area contributed by atoms with Crippen molar-refractivity contribution < 1.29 is 57.2 Å². The molecule has 1 aromatic carbocycles. The fourth-order valence-electron chi connectivity index (χ4n) is 10.8. The Kier molecular flexibility index (Phi) is 22.6. The molecule has 0 atom stereocenters. The van der Waals surface area contributed by atoms with Crippen molar-refractivity contribution in [2.75, 3.05) is 26.4 Å². The van der Waals surface area contributed by atoms with Gasteiger partial charge < -0.3 is 28.4 Å². The third-order valence-electron chi connectivity index (χ3n) is 14.9. The van der Waals surface area contributed by atoms with Crippen molar-refractivity contribution in [2.45, 2.75) is 154 Å². The van der Waals surface area contributed by atoms with Crippen LogP contribution in [0.25, 0.3) is 4.85 Å². The predicted molar refractivity (Wildman–Crippen MR) is 252 cm³/mol. The molecular formula is C54H72N2O12. The highest BCUT2D eigenvalue weighted by molar-refractivity contribution is 5.83. The quantitative estimate of drug-likeness (QED) is 0.0238. The van der Waals surface area contributed by atoms with Crippen LogP contribution in [0.4, 0.5) is 5.69 Å². The minimum atomic E-state index is -0.432. The first-order valence-electron chi connectivity index (χ1n) is 25.3. The fourth-order valence-corrected chi connectivity index (χ4v) is 10.8. The maximum atomic E-state index is 13.4. The number of nitrogens with zero attached hydrogens (tertiary/aromatic N) is 2. The van der Waals surface area contributed by atoms with Gasteiger partial charge in [0.05, 0.1) is 62.7 Å². The Hall–Kier alpha value is -5.50. The van der Waals surface area contributed by atoms with E-state index >= 15 is 0 Å². The molecule has 0 bridgehead atoms. The van der Waals surface area contributed by atoms with E-state index in [0.29, 0.717) is 75.8 Å². The van der Waals surface area contributed by atoms with Crippen LogP contribution in [-0.2, 0) is 47.7 Å². The van der Waals surface area contributed by atoms with Crippen LogP contribution >= 0.6 is 0 Å². The third-order valence-corrected chi connectivity index (χ3v) is 14.9. The van der Waals surface area contributed by atoms with Crippen LogP contribution in [0.3, 0.4) is 0 Å². The monoisotopic (exact) mass is 941 g/mol. The van der Waals surface area contributed by atoms with Gasteiger partial charge in [-0.05, 0) is 190 Å². The number of carbonyl (C=O) groups excluding carboxylic acids is 6. The van der Waals surface area contributed by atoms with E-state index in [-0.39, 0.29) is 58.4 Å². The molecular weight excluding hydrogens is 869 g/mol. The van der Waals surface area contributed by atoms with Gasteiger partial charge in [0, 0.05) is 12.2 Å². The van der Waals surface area contributed by atoms with Crippen LogP contribution in [0.15, 0.2) is 37.4 Å². The van der Waals surface area contributed by atoms with Crippen molar-refractivity contribution in [3.8, 4) is 17.6 Å². The van der Waals surface area contributed by atoms with E-state index in [1.54, 1.807) is 0 Å². The third kappa shape index (κ3) is 16.6. The standard InChI is InChI=1S/C54H72N2O12/c1-4-48(57)63-32-10-6-8-12-34-65-51(59)41-22-14-37(15-23-41)39-18-26-43(27-19-39)53(61)67-46-30-31-47(50(56-3)45(46)36-55)68-54(62)44-28-20-40(21-29-44)38-16-24-42(25-17-38)52(60)66-35-13-9-7-11-33-64-49(58)5-2/h4-5,30-31,37-44H,1-2,6-29,32-35H2. The van der Waals surface area contributed by atoms with Gasteiger partial charge >= 0.3 is 35.8 Å². The van der Waals surface area contributed by atoms with Crippen molar-refractivity contribution >= 4 is 41.5 Å². The zero-order valence-electron chi connectivity index (χ0n) is 39.9. The second kappa shape index (κ2) is 28.7. The Morgan fingerprint density at radius 3 is 1.13 bits per heavy atom. The lowest BCUT2D eigenvalue weighted by molar-refractivity contribution is -0.151. The molecule has 14 nitrogen and oxygen atoms in total. The van der Waals surface area contributed by atoms with Gasteiger partial charge in [-0.15, -0.1) is 0 Å². The van der Waals surface area contributed by atoms with Gasteiger partial charge in [0.15, 0.2) is 0 Å². The molecule has 0 aromatic heterocycles. The first kappa shape index (κ1) is 53.5. The molecule has 0 N–H and O–H groups in total. The molecule has 0 radical (unpaired) electrons. The van der Waals surface area contributed by atoms with Crippen LogP contribution < -0.4 is 9.47 Å². The number of esters is 6. The van der Waals surface area contributed by atoms with Gasteiger partial charge in [-0.3, -0.25) is 19.2 Å². The van der Waals surface area contributed by atoms with Gasteiger partial charge in [-0.1, -0.05) is 13.2 Å². The summed E-state index contributed by atoms with van der Waals surface area (Å²) in [5, 5.41) is 10.1. The SMILES string of the molecule is [C-]#[N+]c1c(OC(=O)C2CCC(C3CCC(C(=O)OCCCCCCOC(=O)C=C)CC3)CC2)ccc(OC(=O)C2CCC(C3CCC(C(=O)OCCCCCCOC(=O)C=C)CC3)CC2)c1C#N. The highest BCUT2D eigenvalue weighted by Gasteiger charge is 2.38. The van der Waals surface area contributed by atoms with Gasteiger partial charge in [-0.25, -0.2) is 14.4 Å². The smallest absolute Gasteiger partial charge is 0.330 e. The lowest BCUT2D eigenvalue weighted by Gasteiger charge is -2.36. The van der Waals surface area contributed by atoms with Crippen LogP contribution in [0.1, 0.15) is 160 Å². The number of rotatable bonds is 24. The Bertz CT molecular complexity index is 1810. The lowest BCUT2D eigenvalue weighted by atomic mass is 9.69. The average Bonchev–Trinajstić information content (AvgIpc) is 3.37. The summed E-state index contributed by atoms with van der Waals surface area (Å²) in [6.45, 7) is 16.1. The van der Waals surface area contributed by atoms with E-state index in [4.69, 9.17) is 35.0 Å². The number of hydrogen-bond acceptors (Lipinski definition) is 13. The van der Waals surface area contributed by atoms with Gasteiger partial charge in [0.25, 0.3) is 0 Å². The summed E-state index contributed by atoms with van der Waals surface area (Å²) >= 11 is 0. The van der Waals surface area contributed by atoms with Crippen LogP contribution in [0.2, 0.25) is 0 Å². The number of ether oxygens (including phenoxy) is 6. The molecule has 1 aromatic rings. The Balaban J connectivity index is 0.962. The molecule has 68 heavy (non-hydrogen) atoms. The second-order valence-electron chi connectivity index (χ2n) is 19.2. The van der Waals surface area contributed by atoms with Crippen molar-refractivity contribution in [1.82, 2.24) is 0 Å². The molecule has 4 fully saturated rings. The van der Waals surface area contributed by atoms with Crippen LogP contribution in [-0.4, -0.2) is 62.2 Å². The van der Waals surface area contributed by atoms with E-state index in [1.165, 1.54) is 12.1 Å². The van der Waals surface area contributed by atoms with Gasteiger partial charge in [-0.2, -0.15) is 5.26 Å². The molecule has 4 aliphatic carbocycles. The van der Waals surface area contributed by atoms with Crippen molar-refractivity contribution in [3.63, 3.8) is 0 Å². The van der Waals surface area contributed by atoms with E-state index in [2.05, 4.69) is 18.0 Å². The molecule has 0 amide bonds. The molecule has 0 spiro atoms. The lowest BCUT2D eigenvalue weighted by Crippen LogP contribution is -2.31. The molecule has 5 rings (SSSR count). The normalized spacial score (nSPS) is 24.7. The van der Waals surface area contributed by atoms with Crippen molar-refractivity contribution in [1.29, 1.82) is 5.26 Å². The average molecular weight is 941 g/mol. The summed E-state index contributed by atoms with van der Waals surface area (Å²) in [4.78, 5) is 78.0. The first-order chi connectivity index (χ1) is 33.0. The Morgan fingerprint density at radius 2 is 0.809 bits per heavy atom. The van der Waals surface area contributed by atoms with E-state index < -0.39 is 23.9 Å². The summed E-state index contributed by atoms with van der Waals surface area (Å²) in [6, 6.07) is 4.88. The summed E-state index contributed by atoms with van der Waals surface area (Å²) in [5.74, 6) is -0.834. The summed E-state index contributed by atoms with van der Waals surface area (Å²) < 4.78 is 32.6. The molecule has 14 heteroatoms. The van der Waals surface area contributed by atoms with Crippen LogP contribution in [0, 0.1) is 65.2 Å². The van der Waals surface area contributed by atoms with Crippen LogP contribution in [0.5, 0.6) is 11.5 Å². The number of unbranched alkanes of at least 4 members (excludes halogenated alkanes) is 6. The van der Waals surface area contributed by atoms with E-state index in [0.717, 1.165) is 141 Å². The Labute approximate surface area is 402 Å². The minimum Gasteiger partial charge on any atom is -0.465 e.